The highest BCUT2D eigenvalue weighted by Crippen LogP contribution is 2.25. The zero-order valence-electron chi connectivity index (χ0n) is 4.54. The molecule has 7 heavy (non-hydrogen) atoms. The molecule has 43 valence electrons. The van der Waals surface area contributed by atoms with Gasteiger partial charge in [0.2, 0.25) is 0 Å². The van der Waals surface area contributed by atoms with Crippen molar-refractivity contribution in [3.8, 4) is 0 Å². The second-order valence-electron chi connectivity index (χ2n) is 2.03. The van der Waals surface area contributed by atoms with Crippen molar-refractivity contribution in [2.75, 3.05) is 0 Å². The summed E-state index contributed by atoms with van der Waals surface area (Å²) in [5.41, 5.74) is 0. The molecule has 0 saturated heterocycles. The monoisotopic (exact) mass is 227 g/mol. The van der Waals surface area contributed by atoms with E-state index in [-0.39, 0.29) is 9.15 Å². The molecule has 0 fully saturated rings. The molecule has 0 amide bonds. The van der Waals surface area contributed by atoms with Crippen LogP contribution in [0, 0.1) is 6.92 Å². The normalized spacial score (nSPS) is 16.7. The van der Waals surface area contributed by atoms with E-state index >= 15 is 0 Å². The lowest BCUT2D eigenvalue weighted by atomic mass is 10.2. The van der Waals surface area contributed by atoms with Crippen LogP contribution in [0.5, 0.6) is 0 Å². The lowest BCUT2D eigenvalue weighted by Gasteiger charge is -2.18. The average molecular weight is 229 g/mol. The van der Waals surface area contributed by atoms with Gasteiger partial charge in [0.1, 0.15) is 0 Å². The van der Waals surface area contributed by atoms with Gasteiger partial charge in [0.25, 0.3) is 0 Å². The predicted molar refractivity (Wildman–Crippen MR) is 41.1 cm³/mol. The van der Waals surface area contributed by atoms with Crippen LogP contribution in [0.3, 0.4) is 0 Å². The number of rotatable bonds is 1. The fourth-order valence-electron chi connectivity index (χ4n) is 0. The van der Waals surface area contributed by atoms with Gasteiger partial charge in [0, 0.05) is 9.15 Å². The van der Waals surface area contributed by atoms with Crippen LogP contribution in [0.1, 0.15) is 13.8 Å². The zero-order valence-corrected chi connectivity index (χ0v) is 7.71. The van der Waals surface area contributed by atoms with Gasteiger partial charge in [-0.1, -0.05) is 31.9 Å². The van der Waals surface area contributed by atoms with Crippen LogP contribution < -0.4 is 0 Å². The van der Waals surface area contributed by atoms with Gasteiger partial charge in [-0.2, -0.15) is 0 Å². The van der Waals surface area contributed by atoms with Crippen molar-refractivity contribution in [2.45, 2.75) is 23.0 Å². The second kappa shape index (κ2) is 2.49. The number of halogens is 2. The van der Waals surface area contributed by atoms with Gasteiger partial charge in [-0.15, -0.1) is 0 Å². The topological polar surface area (TPSA) is 0 Å². The van der Waals surface area contributed by atoms with E-state index in [0.717, 1.165) is 0 Å². The molecule has 0 spiro atoms. The standard InChI is InChI=1S/C5H9Br2/c1-4(6)5(2,3)7/h4H,1H2,2-3H3. The van der Waals surface area contributed by atoms with Crippen LogP contribution in [0.2, 0.25) is 0 Å². The van der Waals surface area contributed by atoms with E-state index in [4.69, 9.17) is 0 Å². The first kappa shape index (κ1) is 7.96. The maximum Gasteiger partial charge on any atom is 0.0326 e. The Hall–Kier alpha value is 0.960. The van der Waals surface area contributed by atoms with Crippen molar-refractivity contribution in [2.24, 2.45) is 0 Å². The van der Waals surface area contributed by atoms with Crippen molar-refractivity contribution in [1.29, 1.82) is 0 Å². The summed E-state index contributed by atoms with van der Waals surface area (Å²) in [6.45, 7) is 7.92. The summed E-state index contributed by atoms with van der Waals surface area (Å²) in [7, 11) is 0. The number of hydrogen-bond acceptors (Lipinski definition) is 0. The van der Waals surface area contributed by atoms with Crippen molar-refractivity contribution in [1.82, 2.24) is 0 Å². The molecule has 0 aliphatic carbocycles. The fraction of sp³-hybridized carbons (Fsp3) is 0.800. The Balaban J connectivity index is 3.54. The van der Waals surface area contributed by atoms with E-state index < -0.39 is 0 Å². The minimum Gasteiger partial charge on any atom is -0.0876 e. The summed E-state index contributed by atoms with van der Waals surface area (Å²) in [6.07, 6.45) is 0. The van der Waals surface area contributed by atoms with E-state index in [1.807, 2.05) is 0 Å². The molecule has 0 saturated carbocycles. The molecule has 2 heteroatoms. The zero-order chi connectivity index (χ0) is 6.08. The molecular weight excluding hydrogens is 220 g/mol. The van der Waals surface area contributed by atoms with Crippen molar-refractivity contribution >= 4 is 31.9 Å². The molecule has 1 unspecified atom stereocenters. The first-order chi connectivity index (χ1) is 2.94. The van der Waals surface area contributed by atoms with Gasteiger partial charge < -0.3 is 0 Å². The predicted octanol–water partition coefficient (Wildman–Crippen LogP) is 2.76. The lowest BCUT2D eigenvalue weighted by molar-refractivity contribution is 0.765. The van der Waals surface area contributed by atoms with Crippen LogP contribution in [-0.2, 0) is 0 Å². The third-order valence-corrected chi connectivity index (χ3v) is 3.06. The molecule has 1 atom stereocenters. The van der Waals surface area contributed by atoms with Crippen LogP contribution in [-0.4, -0.2) is 9.15 Å². The van der Waals surface area contributed by atoms with Crippen molar-refractivity contribution < 1.29 is 0 Å². The van der Waals surface area contributed by atoms with Crippen molar-refractivity contribution in [3.05, 3.63) is 6.92 Å². The second-order valence-corrected chi connectivity index (χ2v) is 5.18. The Kier molecular flexibility index (Phi) is 2.83. The highest BCUT2D eigenvalue weighted by Gasteiger charge is 2.18. The van der Waals surface area contributed by atoms with Crippen molar-refractivity contribution in [3.63, 3.8) is 0 Å². The van der Waals surface area contributed by atoms with Gasteiger partial charge in [-0.05, 0) is 20.8 Å². The van der Waals surface area contributed by atoms with E-state index in [9.17, 15) is 0 Å². The Labute approximate surface area is 61.9 Å². The Bertz CT molecular complexity index is 51.6. The molecule has 1 radical (unpaired) electrons. The molecular formula is C5H9Br2. The minimum absolute atomic E-state index is 0.118. The van der Waals surface area contributed by atoms with Gasteiger partial charge >= 0.3 is 0 Å². The van der Waals surface area contributed by atoms with Gasteiger partial charge in [0.05, 0.1) is 0 Å². The molecule has 0 aromatic carbocycles. The lowest BCUT2D eigenvalue weighted by Crippen LogP contribution is -2.20. The summed E-state index contributed by atoms with van der Waals surface area (Å²) in [5.74, 6) is 0. The molecule has 0 aliphatic rings. The maximum atomic E-state index is 3.78. The Morgan fingerprint density at radius 3 is 1.71 bits per heavy atom. The molecule has 0 heterocycles. The molecule has 0 aliphatic heterocycles. The van der Waals surface area contributed by atoms with E-state index in [0.29, 0.717) is 0 Å². The van der Waals surface area contributed by atoms with Gasteiger partial charge in [0.15, 0.2) is 0 Å². The SMILES string of the molecule is [CH2]C(Br)C(C)(C)Br. The highest BCUT2D eigenvalue weighted by molar-refractivity contribution is 9.12. The largest absolute Gasteiger partial charge is 0.0876 e. The van der Waals surface area contributed by atoms with E-state index in [1.165, 1.54) is 0 Å². The third kappa shape index (κ3) is 3.53. The summed E-state index contributed by atoms with van der Waals surface area (Å²) in [6, 6.07) is 0. The van der Waals surface area contributed by atoms with E-state index in [1.54, 1.807) is 0 Å². The summed E-state index contributed by atoms with van der Waals surface area (Å²) in [4.78, 5) is 0.278. The summed E-state index contributed by atoms with van der Waals surface area (Å²) in [5, 5.41) is 0. The number of hydrogen-bond donors (Lipinski definition) is 0. The first-order valence-electron chi connectivity index (χ1n) is 2.10. The molecule has 0 bridgehead atoms. The maximum absolute atomic E-state index is 3.78. The van der Waals surface area contributed by atoms with Crippen LogP contribution >= 0.6 is 31.9 Å². The average Bonchev–Trinajstić information content (AvgIpc) is 1.31. The minimum atomic E-state index is 0.118. The number of alkyl halides is 2. The Morgan fingerprint density at radius 1 is 1.57 bits per heavy atom. The van der Waals surface area contributed by atoms with Gasteiger partial charge in [-0.25, -0.2) is 0 Å². The van der Waals surface area contributed by atoms with Crippen LogP contribution in [0.4, 0.5) is 0 Å². The smallest absolute Gasteiger partial charge is 0.0326 e. The fourth-order valence-corrected chi connectivity index (χ4v) is 0. The van der Waals surface area contributed by atoms with Crippen LogP contribution in [0.25, 0.3) is 0 Å². The summed E-state index contributed by atoms with van der Waals surface area (Å²) < 4.78 is 0.118. The Morgan fingerprint density at radius 2 is 1.71 bits per heavy atom. The quantitative estimate of drug-likeness (QED) is 0.606. The van der Waals surface area contributed by atoms with E-state index in [2.05, 4.69) is 52.6 Å². The molecule has 0 aromatic heterocycles. The van der Waals surface area contributed by atoms with Crippen LogP contribution in [0.15, 0.2) is 0 Å². The van der Waals surface area contributed by atoms with Gasteiger partial charge in [-0.3, -0.25) is 0 Å². The summed E-state index contributed by atoms with van der Waals surface area (Å²) >= 11 is 6.77. The first-order valence-corrected chi connectivity index (χ1v) is 3.81. The third-order valence-electron chi connectivity index (χ3n) is 0.745. The molecule has 0 aromatic rings. The molecule has 0 N–H and O–H groups in total. The molecule has 0 rings (SSSR count). The highest BCUT2D eigenvalue weighted by atomic mass is 79.9. The molecule has 0 nitrogen and oxygen atoms in total.